The summed E-state index contributed by atoms with van der Waals surface area (Å²) in [6.45, 7) is -0.0435. The summed E-state index contributed by atoms with van der Waals surface area (Å²) in [5, 5.41) is 2.80. The molecule has 2 heterocycles. The van der Waals surface area contributed by atoms with Gasteiger partial charge >= 0.3 is 0 Å². The van der Waals surface area contributed by atoms with E-state index in [0.717, 1.165) is 9.35 Å². The van der Waals surface area contributed by atoms with Gasteiger partial charge in [-0.1, -0.05) is 18.1 Å². The Hall–Kier alpha value is -2.95. The molecule has 0 fully saturated rings. The zero-order chi connectivity index (χ0) is 19.9. The van der Waals surface area contributed by atoms with E-state index in [0.29, 0.717) is 16.3 Å². The highest BCUT2D eigenvalue weighted by molar-refractivity contribution is 9.11. The summed E-state index contributed by atoms with van der Waals surface area (Å²) < 4.78 is 0.873. The molecule has 3 rings (SSSR count). The fourth-order valence-electron chi connectivity index (χ4n) is 2.35. The maximum Gasteiger partial charge on any atom is 0.264 e. The fourth-order valence-corrected chi connectivity index (χ4v) is 3.73. The second kappa shape index (κ2) is 9.31. The third-order valence-electron chi connectivity index (χ3n) is 3.66. The van der Waals surface area contributed by atoms with Crippen molar-refractivity contribution in [3.8, 4) is 11.8 Å². The molecule has 0 atom stereocenters. The maximum absolute atomic E-state index is 12.3. The van der Waals surface area contributed by atoms with Gasteiger partial charge < -0.3 is 10.2 Å². The largest absolute Gasteiger partial charge is 0.332 e. The topological polar surface area (TPSA) is 62.3 Å². The number of carbonyl (C=O) groups excluding carboxylic acids is 2. The van der Waals surface area contributed by atoms with Gasteiger partial charge in [-0.2, -0.15) is 0 Å². The van der Waals surface area contributed by atoms with Crippen LogP contribution in [-0.4, -0.2) is 35.3 Å². The number of rotatable bonds is 4. The molecular weight excluding hydrogens is 438 g/mol. The lowest BCUT2D eigenvalue weighted by Gasteiger charge is -2.16. The summed E-state index contributed by atoms with van der Waals surface area (Å²) in [6, 6.07) is 16.3. The molecule has 7 heteroatoms. The predicted octanol–water partition coefficient (Wildman–Crippen LogP) is 4.02. The van der Waals surface area contributed by atoms with Gasteiger partial charge in [0.05, 0.1) is 15.2 Å². The van der Waals surface area contributed by atoms with E-state index in [-0.39, 0.29) is 18.4 Å². The molecule has 2 amide bonds. The van der Waals surface area contributed by atoms with Crippen molar-refractivity contribution >= 4 is 44.8 Å². The van der Waals surface area contributed by atoms with Crippen molar-refractivity contribution in [3.05, 3.63) is 80.7 Å². The van der Waals surface area contributed by atoms with Crippen LogP contribution >= 0.6 is 27.3 Å². The predicted molar refractivity (Wildman–Crippen MR) is 114 cm³/mol. The number of amides is 2. The first-order valence-electron chi connectivity index (χ1n) is 8.35. The molecule has 0 radical (unpaired) electrons. The fraction of sp³-hybridized carbons (Fsp3) is 0.0952. The molecule has 0 bridgehead atoms. The highest BCUT2D eigenvalue weighted by atomic mass is 79.9. The van der Waals surface area contributed by atoms with Gasteiger partial charge in [-0.15, -0.1) is 11.3 Å². The number of nitrogens with zero attached hydrogens (tertiary/aromatic N) is 2. The van der Waals surface area contributed by atoms with Crippen molar-refractivity contribution in [1.29, 1.82) is 0 Å². The second-order valence-electron chi connectivity index (χ2n) is 5.86. The first kappa shape index (κ1) is 19.8. The summed E-state index contributed by atoms with van der Waals surface area (Å²) in [5.41, 5.74) is 2.06. The zero-order valence-corrected chi connectivity index (χ0v) is 17.4. The van der Waals surface area contributed by atoms with Gasteiger partial charge in [-0.05, 0) is 64.3 Å². The summed E-state index contributed by atoms with van der Waals surface area (Å²) in [5.74, 6) is 5.54. The van der Waals surface area contributed by atoms with Crippen molar-refractivity contribution in [2.24, 2.45) is 0 Å². The Morgan fingerprint density at radius 1 is 1.14 bits per heavy atom. The Morgan fingerprint density at radius 3 is 2.71 bits per heavy atom. The van der Waals surface area contributed by atoms with Gasteiger partial charge in [0.2, 0.25) is 5.91 Å². The lowest BCUT2D eigenvalue weighted by atomic mass is 10.2. The number of benzene rings is 1. The zero-order valence-electron chi connectivity index (χ0n) is 15.0. The Morgan fingerprint density at radius 2 is 2.00 bits per heavy atom. The Bertz CT molecular complexity index is 1050. The lowest BCUT2D eigenvalue weighted by Crippen LogP contribution is -2.34. The number of hydrogen-bond acceptors (Lipinski definition) is 4. The second-order valence-corrected chi connectivity index (χ2v) is 8.32. The first-order valence-corrected chi connectivity index (χ1v) is 9.96. The molecule has 0 saturated heterocycles. The number of pyridine rings is 1. The number of nitrogens with one attached hydrogen (secondary N) is 1. The smallest absolute Gasteiger partial charge is 0.264 e. The molecule has 1 N–H and O–H groups in total. The molecule has 0 unspecified atom stereocenters. The molecule has 0 aliphatic carbocycles. The van der Waals surface area contributed by atoms with E-state index in [1.165, 1.54) is 16.2 Å². The number of thiophene rings is 1. The molecule has 0 aliphatic rings. The number of anilines is 1. The minimum absolute atomic E-state index is 0.0435. The van der Waals surface area contributed by atoms with Crippen molar-refractivity contribution in [3.63, 3.8) is 0 Å². The monoisotopic (exact) mass is 453 g/mol. The summed E-state index contributed by atoms with van der Waals surface area (Å²) >= 11 is 4.67. The Labute approximate surface area is 175 Å². The number of halogens is 1. The molecule has 0 aliphatic heterocycles. The van der Waals surface area contributed by atoms with Crippen molar-refractivity contribution in [2.75, 3.05) is 18.9 Å². The van der Waals surface area contributed by atoms with Crippen LogP contribution in [0.5, 0.6) is 0 Å². The van der Waals surface area contributed by atoms with Crippen LogP contribution in [0.4, 0.5) is 5.69 Å². The molecule has 0 saturated carbocycles. The van der Waals surface area contributed by atoms with E-state index in [1.807, 2.05) is 36.4 Å². The van der Waals surface area contributed by atoms with Crippen molar-refractivity contribution in [1.82, 2.24) is 9.88 Å². The molecule has 2 aromatic heterocycles. The number of carbonyl (C=O) groups is 2. The van der Waals surface area contributed by atoms with Gasteiger partial charge in [-0.3, -0.25) is 9.59 Å². The maximum atomic E-state index is 12.3. The van der Waals surface area contributed by atoms with Crippen LogP contribution in [0.2, 0.25) is 0 Å². The third-order valence-corrected chi connectivity index (χ3v) is 5.27. The van der Waals surface area contributed by atoms with E-state index < -0.39 is 0 Å². The quantitative estimate of drug-likeness (QED) is 0.606. The highest BCUT2D eigenvalue weighted by Crippen LogP contribution is 2.23. The molecule has 1 aromatic carbocycles. The molecule has 28 heavy (non-hydrogen) atoms. The van der Waals surface area contributed by atoms with Crippen molar-refractivity contribution < 1.29 is 9.59 Å². The summed E-state index contributed by atoms with van der Waals surface area (Å²) in [6.07, 6.45) is 1.69. The molecule has 0 spiro atoms. The first-order chi connectivity index (χ1) is 13.5. The SMILES string of the molecule is CN(CC(=O)Nc1cccc(C#Cc2ccccn2)c1)C(=O)c1ccc(Br)s1. The van der Waals surface area contributed by atoms with Gasteiger partial charge in [0.15, 0.2) is 0 Å². The average Bonchev–Trinajstić information content (AvgIpc) is 3.13. The van der Waals surface area contributed by atoms with Crippen LogP contribution in [0.15, 0.2) is 64.6 Å². The highest BCUT2D eigenvalue weighted by Gasteiger charge is 2.16. The average molecular weight is 454 g/mol. The minimum atomic E-state index is -0.277. The van der Waals surface area contributed by atoms with Gasteiger partial charge in [0.25, 0.3) is 5.91 Å². The number of likely N-dealkylation sites (N-methyl/N-ethyl adjacent to an activating group) is 1. The molecule has 5 nitrogen and oxygen atoms in total. The van der Waals surface area contributed by atoms with E-state index >= 15 is 0 Å². The van der Waals surface area contributed by atoms with Crippen LogP contribution in [0.3, 0.4) is 0 Å². The Balaban J connectivity index is 1.61. The molecule has 3 aromatic rings. The molecule has 140 valence electrons. The van der Waals surface area contributed by atoms with Gasteiger partial charge in [0.1, 0.15) is 5.69 Å². The normalized spacial score (nSPS) is 9.93. The van der Waals surface area contributed by atoms with Crippen LogP contribution in [0.25, 0.3) is 0 Å². The van der Waals surface area contributed by atoms with Crippen LogP contribution in [-0.2, 0) is 4.79 Å². The standard InChI is InChI=1S/C21H16BrN3O2S/c1-25(21(27)18-10-11-19(22)28-18)14-20(26)24-17-7-4-5-15(13-17)8-9-16-6-2-3-12-23-16/h2-7,10-13H,14H2,1H3,(H,24,26). The van der Waals surface area contributed by atoms with E-state index in [2.05, 4.69) is 38.1 Å². The van der Waals surface area contributed by atoms with Crippen LogP contribution in [0, 0.1) is 11.8 Å². The van der Waals surface area contributed by atoms with Gasteiger partial charge in [0, 0.05) is 24.5 Å². The van der Waals surface area contributed by atoms with Crippen molar-refractivity contribution in [2.45, 2.75) is 0 Å². The lowest BCUT2D eigenvalue weighted by molar-refractivity contribution is -0.116. The number of hydrogen-bond donors (Lipinski definition) is 1. The number of aromatic nitrogens is 1. The summed E-state index contributed by atoms with van der Waals surface area (Å²) in [7, 11) is 1.60. The molecular formula is C21H16BrN3O2S. The Kier molecular flexibility index (Phi) is 6.58. The third kappa shape index (κ3) is 5.52. The van der Waals surface area contributed by atoms with E-state index in [1.54, 1.807) is 31.4 Å². The van der Waals surface area contributed by atoms with E-state index in [9.17, 15) is 9.59 Å². The van der Waals surface area contributed by atoms with Crippen LogP contribution < -0.4 is 5.32 Å². The van der Waals surface area contributed by atoms with Gasteiger partial charge in [-0.25, -0.2) is 4.98 Å². The summed E-state index contributed by atoms with van der Waals surface area (Å²) in [4.78, 5) is 30.8. The minimum Gasteiger partial charge on any atom is -0.332 e. The van der Waals surface area contributed by atoms with Crippen LogP contribution in [0.1, 0.15) is 20.9 Å². The van der Waals surface area contributed by atoms with E-state index in [4.69, 9.17) is 0 Å².